The van der Waals surface area contributed by atoms with Crippen molar-refractivity contribution < 1.29 is 19.0 Å². The number of unbranched alkanes of at least 4 members (excludes halogenated alkanes) is 8. The molecule has 0 aliphatic heterocycles. The molecule has 0 aromatic heterocycles. The Kier molecular flexibility index (Phi) is 14.4. The summed E-state index contributed by atoms with van der Waals surface area (Å²) >= 11 is 0. The highest BCUT2D eigenvalue weighted by molar-refractivity contribution is 5.81. The lowest BCUT2D eigenvalue weighted by Crippen LogP contribution is -2.06. The van der Waals surface area contributed by atoms with Gasteiger partial charge in [0.25, 0.3) is 0 Å². The van der Waals surface area contributed by atoms with Crippen molar-refractivity contribution in [1.82, 2.24) is 0 Å². The average Bonchev–Trinajstić information content (AvgIpc) is 2.90. The molecule has 2 rings (SSSR count). The Balaban J connectivity index is 1.51. The Morgan fingerprint density at radius 1 is 0.743 bits per heavy atom. The van der Waals surface area contributed by atoms with Gasteiger partial charge in [-0.2, -0.15) is 0 Å². The second kappa shape index (κ2) is 17.7. The van der Waals surface area contributed by atoms with Gasteiger partial charge in [0.2, 0.25) is 0 Å². The summed E-state index contributed by atoms with van der Waals surface area (Å²) in [5.74, 6) is 2.11. The molecule has 0 fully saturated rings. The van der Waals surface area contributed by atoms with Gasteiger partial charge in [-0.25, -0.2) is 4.79 Å². The summed E-state index contributed by atoms with van der Waals surface area (Å²) in [5, 5.41) is 0. The molecule has 0 radical (unpaired) electrons. The second-order valence-corrected chi connectivity index (χ2v) is 9.28. The molecule has 4 nitrogen and oxygen atoms in total. The van der Waals surface area contributed by atoms with E-state index in [1.807, 2.05) is 12.1 Å². The quantitative estimate of drug-likeness (QED) is 0.115. The fourth-order valence-electron chi connectivity index (χ4n) is 3.71. The molecule has 0 aliphatic carbocycles. The van der Waals surface area contributed by atoms with Crippen LogP contribution in [0.1, 0.15) is 78.1 Å². The van der Waals surface area contributed by atoms with Crippen LogP contribution >= 0.6 is 0 Å². The number of benzene rings is 2. The zero-order valence-electron chi connectivity index (χ0n) is 21.8. The maximum atomic E-state index is 10.9. The van der Waals surface area contributed by atoms with Crippen molar-refractivity contribution in [3.63, 3.8) is 0 Å². The molecular weight excluding hydrogens is 436 g/mol. The molecule has 0 aliphatic rings. The average molecular weight is 481 g/mol. The van der Waals surface area contributed by atoms with Gasteiger partial charge >= 0.3 is 5.97 Å². The first-order chi connectivity index (χ1) is 17.1. The van der Waals surface area contributed by atoms with Gasteiger partial charge in [0.15, 0.2) is 0 Å². The van der Waals surface area contributed by atoms with E-state index in [9.17, 15) is 4.79 Å². The van der Waals surface area contributed by atoms with Gasteiger partial charge in [0.05, 0.1) is 19.8 Å². The monoisotopic (exact) mass is 480 g/mol. The lowest BCUT2D eigenvalue weighted by molar-refractivity contribution is -0.137. The van der Waals surface area contributed by atoms with Crippen LogP contribution in [0.25, 0.3) is 11.1 Å². The van der Waals surface area contributed by atoms with Gasteiger partial charge in [0, 0.05) is 6.08 Å². The van der Waals surface area contributed by atoms with Gasteiger partial charge in [-0.3, -0.25) is 0 Å². The normalized spacial score (nSPS) is 11.6. The molecule has 0 unspecified atom stereocenters. The molecule has 0 amide bonds. The van der Waals surface area contributed by atoms with Crippen molar-refractivity contribution in [2.24, 2.45) is 5.92 Å². The number of carbonyl (C=O) groups excluding carboxylic acids is 1. The van der Waals surface area contributed by atoms with Crippen molar-refractivity contribution in [1.29, 1.82) is 0 Å². The molecular formula is C31H44O4. The number of esters is 1. The van der Waals surface area contributed by atoms with Crippen LogP contribution in [0.4, 0.5) is 0 Å². The van der Waals surface area contributed by atoms with Crippen molar-refractivity contribution in [2.75, 3.05) is 19.8 Å². The summed E-state index contributed by atoms with van der Waals surface area (Å²) in [6.07, 6.45) is 13.0. The van der Waals surface area contributed by atoms with Crippen LogP contribution in [-0.4, -0.2) is 25.8 Å². The van der Waals surface area contributed by atoms with Gasteiger partial charge in [0.1, 0.15) is 11.5 Å². The molecule has 2 aromatic carbocycles. The van der Waals surface area contributed by atoms with Crippen molar-refractivity contribution >= 4 is 5.97 Å². The zero-order chi connectivity index (χ0) is 25.1. The van der Waals surface area contributed by atoms with Crippen molar-refractivity contribution in [3.8, 4) is 22.6 Å². The Bertz CT molecular complexity index is 826. The fourth-order valence-corrected chi connectivity index (χ4v) is 3.71. The summed E-state index contributed by atoms with van der Waals surface area (Å²) in [7, 11) is 0. The van der Waals surface area contributed by atoms with Gasteiger partial charge in [-0.05, 0) is 54.2 Å². The molecule has 0 saturated heterocycles. The SMILES string of the molecule is C=CC(=O)OCCCCCCCCCCCOc1ccc(-c2ccc(OC[C@@H](C)CC)cc2)cc1. The van der Waals surface area contributed by atoms with E-state index in [2.05, 4.69) is 56.8 Å². The fraction of sp³-hybridized carbons (Fsp3) is 0.516. The van der Waals surface area contributed by atoms with E-state index >= 15 is 0 Å². The molecule has 192 valence electrons. The van der Waals surface area contributed by atoms with Crippen LogP contribution in [0.15, 0.2) is 61.2 Å². The van der Waals surface area contributed by atoms with Crippen LogP contribution in [0.3, 0.4) is 0 Å². The zero-order valence-corrected chi connectivity index (χ0v) is 21.8. The predicted octanol–water partition coefficient (Wildman–Crippen LogP) is 8.40. The van der Waals surface area contributed by atoms with E-state index in [1.54, 1.807) is 0 Å². The van der Waals surface area contributed by atoms with Crippen LogP contribution in [-0.2, 0) is 9.53 Å². The standard InChI is InChI=1S/C31H44O4/c1-4-26(3)25-35-30-21-17-28(18-22-30)27-15-19-29(20-16-27)33-23-13-11-9-7-6-8-10-12-14-24-34-31(32)5-2/h5,15-22,26H,2,4,6-14,23-25H2,1,3H3/t26-/m0/s1. The lowest BCUT2D eigenvalue weighted by atomic mass is 10.1. The largest absolute Gasteiger partial charge is 0.494 e. The van der Waals surface area contributed by atoms with E-state index in [0.717, 1.165) is 50.4 Å². The summed E-state index contributed by atoms with van der Waals surface area (Å²) in [5.41, 5.74) is 2.37. The maximum Gasteiger partial charge on any atom is 0.330 e. The predicted molar refractivity (Wildman–Crippen MR) is 145 cm³/mol. The highest BCUT2D eigenvalue weighted by Crippen LogP contribution is 2.25. The molecule has 0 heterocycles. The van der Waals surface area contributed by atoms with Crippen molar-refractivity contribution in [2.45, 2.75) is 78.1 Å². The van der Waals surface area contributed by atoms with Gasteiger partial charge in [-0.15, -0.1) is 0 Å². The second-order valence-electron chi connectivity index (χ2n) is 9.28. The minimum absolute atomic E-state index is 0.324. The number of hydrogen-bond acceptors (Lipinski definition) is 4. The Morgan fingerprint density at radius 2 is 1.20 bits per heavy atom. The Morgan fingerprint density at radius 3 is 1.69 bits per heavy atom. The third-order valence-corrected chi connectivity index (χ3v) is 6.24. The third kappa shape index (κ3) is 12.5. The van der Waals surface area contributed by atoms with Crippen LogP contribution in [0.2, 0.25) is 0 Å². The van der Waals surface area contributed by atoms with Gasteiger partial charge < -0.3 is 14.2 Å². The number of ether oxygens (including phenoxy) is 3. The van der Waals surface area contributed by atoms with E-state index in [1.165, 1.54) is 55.7 Å². The Labute approximate surface area is 212 Å². The number of hydrogen-bond donors (Lipinski definition) is 0. The molecule has 0 N–H and O–H groups in total. The van der Waals surface area contributed by atoms with Crippen LogP contribution in [0, 0.1) is 5.92 Å². The lowest BCUT2D eigenvalue weighted by Gasteiger charge is -2.11. The van der Waals surface area contributed by atoms with Crippen molar-refractivity contribution in [3.05, 3.63) is 61.2 Å². The summed E-state index contributed by atoms with van der Waals surface area (Å²) in [6.45, 7) is 9.83. The topological polar surface area (TPSA) is 44.8 Å². The molecule has 35 heavy (non-hydrogen) atoms. The summed E-state index contributed by atoms with van der Waals surface area (Å²) in [6, 6.07) is 16.7. The Hall–Kier alpha value is -2.75. The van der Waals surface area contributed by atoms with Gasteiger partial charge in [-0.1, -0.05) is 96.1 Å². The summed E-state index contributed by atoms with van der Waals surface area (Å²) < 4.78 is 16.8. The summed E-state index contributed by atoms with van der Waals surface area (Å²) in [4.78, 5) is 10.9. The third-order valence-electron chi connectivity index (χ3n) is 6.24. The minimum Gasteiger partial charge on any atom is -0.494 e. The van der Waals surface area contributed by atoms with E-state index in [4.69, 9.17) is 14.2 Å². The van der Waals surface area contributed by atoms with E-state index in [-0.39, 0.29) is 5.97 Å². The smallest absolute Gasteiger partial charge is 0.330 e. The van der Waals surface area contributed by atoms with Crippen LogP contribution < -0.4 is 9.47 Å². The molecule has 2 aromatic rings. The number of rotatable bonds is 19. The highest BCUT2D eigenvalue weighted by atomic mass is 16.5. The molecule has 0 spiro atoms. The molecule has 1 atom stereocenters. The molecule has 4 heteroatoms. The molecule has 0 saturated carbocycles. The first-order valence-corrected chi connectivity index (χ1v) is 13.4. The molecule has 0 bridgehead atoms. The van der Waals surface area contributed by atoms with Crippen LogP contribution in [0.5, 0.6) is 11.5 Å². The number of carbonyl (C=O) groups is 1. The highest BCUT2D eigenvalue weighted by Gasteiger charge is 2.03. The maximum absolute atomic E-state index is 10.9. The first kappa shape index (κ1) is 28.5. The minimum atomic E-state index is -0.324. The van der Waals surface area contributed by atoms with E-state index < -0.39 is 0 Å². The van der Waals surface area contributed by atoms with E-state index in [0.29, 0.717) is 12.5 Å². The first-order valence-electron chi connectivity index (χ1n) is 13.4.